The predicted octanol–water partition coefficient (Wildman–Crippen LogP) is 2.77. The third-order valence-corrected chi connectivity index (χ3v) is 3.26. The molecule has 2 aromatic rings. The minimum Gasteiger partial charge on any atom is -0.398 e. The number of pyridine rings is 1. The zero-order valence-corrected chi connectivity index (χ0v) is 10.7. The second kappa shape index (κ2) is 5.55. The summed E-state index contributed by atoms with van der Waals surface area (Å²) >= 11 is 1.54. The standard InChI is InChI=1S/C13H13N3OS/c1-9(17)16-10-4-5-13(12(14)7-10)18-11-3-2-6-15-8-11/h2-8H,14H2,1H3,(H,16,17). The minimum absolute atomic E-state index is 0.109. The van der Waals surface area contributed by atoms with Crippen molar-refractivity contribution in [3.05, 3.63) is 42.7 Å². The number of carbonyl (C=O) groups is 1. The van der Waals surface area contributed by atoms with Gasteiger partial charge in [0, 0.05) is 40.5 Å². The Bertz CT molecular complexity index is 557. The Morgan fingerprint density at radius 2 is 2.22 bits per heavy atom. The van der Waals surface area contributed by atoms with E-state index >= 15 is 0 Å². The molecule has 0 radical (unpaired) electrons. The highest BCUT2D eigenvalue weighted by Gasteiger charge is 2.04. The highest BCUT2D eigenvalue weighted by molar-refractivity contribution is 7.99. The number of nitrogens with one attached hydrogen (secondary N) is 1. The number of nitrogen functional groups attached to an aromatic ring is 1. The van der Waals surface area contributed by atoms with E-state index in [0.717, 1.165) is 9.79 Å². The zero-order valence-electron chi connectivity index (χ0n) is 9.88. The number of hydrogen-bond acceptors (Lipinski definition) is 4. The third kappa shape index (κ3) is 3.24. The molecule has 5 heteroatoms. The fraction of sp³-hybridized carbons (Fsp3) is 0.0769. The van der Waals surface area contributed by atoms with Gasteiger partial charge in [0.1, 0.15) is 0 Å². The van der Waals surface area contributed by atoms with Gasteiger partial charge in [-0.05, 0) is 30.3 Å². The molecular weight excluding hydrogens is 246 g/mol. The van der Waals surface area contributed by atoms with Crippen molar-refractivity contribution in [2.75, 3.05) is 11.1 Å². The highest BCUT2D eigenvalue weighted by Crippen LogP contribution is 2.32. The summed E-state index contributed by atoms with van der Waals surface area (Å²) in [5, 5.41) is 2.70. The van der Waals surface area contributed by atoms with Crippen molar-refractivity contribution in [2.24, 2.45) is 0 Å². The molecule has 0 aliphatic rings. The predicted molar refractivity (Wildman–Crippen MR) is 73.5 cm³/mol. The average Bonchev–Trinajstić information content (AvgIpc) is 2.33. The molecular formula is C13H13N3OS. The van der Waals surface area contributed by atoms with Gasteiger partial charge in [0.25, 0.3) is 0 Å². The lowest BCUT2D eigenvalue weighted by Crippen LogP contribution is -2.06. The van der Waals surface area contributed by atoms with Crippen molar-refractivity contribution in [2.45, 2.75) is 16.7 Å². The summed E-state index contributed by atoms with van der Waals surface area (Å²) in [7, 11) is 0. The van der Waals surface area contributed by atoms with Crippen LogP contribution in [0.1, 0.15) is 6.92 Å². The van der Waals surface area contributed by atoms with Crippen LogP contribution in [0.4, 0.5) is 11.4 Å². The van der Waals surface area contributed by atoms with Gasteiger partial charge in [-0.1, -0.05) is 11.8 Å². The largest absolute Gasteiger partial charge is 0.398 e. The van der Waals surface area contributed by atoms with Crippen molar-refractivity contribution in [3.8, 4) is 0 Å². The second-order valence-electron chi connectivity index (χ2n) is 3.72. The summed E-state index contributed by atoms with van der Waals surface area (Å²) in [5.74, 6) is -0.109. The number of hydrogen-bond donors (Lipinski definition) is 2. The van der Waals surface area contributed by atoms with E-state index in [0.29, 0.717) is 11.4 Å². The number of benzene rings is 1. The number of aromatic nitrogens is 1. The van der Waals surface area contributed by atoms with Gasteiger partial charge < -0.3 is 11.1 Å². The quantitative estimate of drug-likeness (QED) is 0.832. The molecule has 92 valence electrons. The van der Waals surface area contributed by atoms with Crippen LogP contribution >= 0.6 is 11.8 Å². The van der Waals surface area contributed by atoms with Gasteiger partial charge in [-0.2, -0.15) is 0 Å². The van der Waals surface area contributed by atoms with E-state index in [1.807, 2.05) is 24.3 Å². The van der Waals surface area contributed by atoms with Crippen molar-refractivity contribution < 1.29 is 4.79 Å². The van der Waals surface area contributed by atoms with Crippen LogP contribution in [0.5, 0.6) is 0 Å². The summed E-state index contributed by atoms with van der Waals surface area (Å²) in [4.78, 5) is 17.0. The first-order valence-electron chi connectivity index (χ1n) is 5.40. The molecule has 0 fully saturated rings. The molecule has 0 saturated heterocycles. The maximum Gasteiger partial charge on any atom is 0.221 e. The number of nitrogens with two attached hydrogens (primary N) is 1. The normalized spacial score (nSPS) is 10.1. The lowest BCUT2D eigenvalue weighted by atomic mass is 10.3. The van der Waals surface area contributed by atoms with E-state index in [4.69, 9.17) is 5.73 Å². The molecule has 2 rings (SSSR count). The molecule has 0 spiro atoms. The lowest BCUT2D eigenvalue weighted by Gasteiger charge is -2.08. The van der Waals surface area contributed by atoms with E-state index in [1.54, 1.807) is 30.2 Å². The molecule has 0 unspecified atom stereocenters. The summed E-state index contributed by atoms with van der Waals surface area (Å²) in [6.07, 6.45) is 3.51. The summed E-state index contributed by atoms with van der Waals surface area (Å²) in [6, 6.07) is 9.32. The van der Waals surface area contributed by atoms with Crippen LogP contribution in [0, 0.1) is 0 Å². The Morgan fingerprint density at radius 1 is 1.39 bits per heavy atom. The van der Waals surface area contributed by atoms with Crippen LogP contribution in [-0.2, 0) is 4.79 Å². The van der Waals surface area contributed by atoms with E-state index in [-0.39, 0.29) is 5.91 Å². The van der Waals surface area contributed by atoms with Crippen LogP contribution in [0.3, 0.4) is 0 Å². The lowest BCUT2D eigenvalue weighted by molar-refractivity contribution is -0.114. The van der Waals surface area contributed by atoms with Crippen molar-refractivity contribution in [3.63, 3.8) is 0 Å². The average molecular weight is 259 g/mol. The number of nitrogens with zero attached hydrogens (tertiary/aromatic N) is 1. The van der Waals surface area contributed by atoms with Gasteiger partial charge in [-0.25, -0.2) is 0 Å². The number of carbonyl (C=O) groups excluding carboxylic acids is 1. The Morgan fingerprint density at radius 3 is 2.83 bits per heavy atom. The van der Waals surface area contributed by atoms with Crippen molar-refractivity contribution >= 4 is 29.0 Å². The number of rotatable bonds is 3. The first kappa shape index (κ1) is 12.4. The zero-order chi connectivity index (χ0) is 13.0. The van der Waals surface area contributed by atoms with Crippen molar-refractivity contribution in [1.29, 1.82) is 0 Å². The van der Waals surface area contributed by atoms with Crippen LogP contribution in [0.15, 0.2) is 52.5 Å². The highest BCUT2D eigenvalue weighted by atomic mass is 32.2. The topological polar surface area (TPSA) is 68.0 Å². The first-order valence-corrected chi connectivity index (χ1v) is 6.22. The molecule has 1 amide bonds. The number of amides is 1. The molecule has 1 aromatic carbocycles. The molecule has 0 saturated carbocycles. The summed E-state index contributed by atoms with van der Waals surface area (Å²) in [6.45, 7) is 1.47. The smallest absolute Gasteiger partial charge is 0.221 e. The van der Waals surface area contributed by atoms with Gasteiger partial charge in [0.05, 0.1) is 0 Å². The molecule has 4 nitrogen and oxygen atoms in total. The molecule has 0 bridgehead atoms. The third-order valence-electron chi connectivity index (χ3n) is 2.19. The Labute approximate surface area is 110 Å². The molecule has 0 atom stereocenters. The molecule has 18 heavy (non-hydrogen) atoms. The van der Waals surface area contributed by atoms with Gasteiger partial charge in [-0.3, -0.25) is 9.78 Å². The fourth-order valence-electron chi connectivity index (χ4n) is 1.46. The molecule has 0 aliphatic carbocycles. The van der Waals surface area contributed by atoms with E-state index < -0.39 is 0 Å². The monoisotopic (exact) mass is 259 g/mol. The van der Waals surface area contributed by atoms with Crippen LogP contribution in [0.25, 0.3) is 0 Å². The van der Waals surface area contributed by atoms with E-state index in [2.05, 4.69) is 10.3 Å². The minimum atomic E-state index is -0.109. The van der Waals surface area contributed by atoms with Gasteiger partial charge in [-0.15, -0.1) is 0 Å². The van der Waals surface area contributed by atoms with Gasteiger partial charge in [0.2, 0.25) is 5.91 Å². The SMILES string of the molecule is CC(=O)Nc1ccc(Sc2cccnc2)c(N)c1. The Kier molecular flexibility index (Phi) is 3.84. The fourth-order valence-corrected chi connectivity index (χ4v) is 2.28. The maximum atomic E-state index is 10.9. The van der Waals surface area contributed by atoms with Crippen LogP contribution < -0.4 is 11.1 Å². The van der Waals surface area contributed by atoms with Crippen molar-refractivity contribution in [1.82, 2.24) is 4.98 Å². The molecule has 1 aromatic heterocycles. The maximum absolute atomic E-state index is 10.9. The van der Waals surface area contributed by atoms with Crippen LogP contribution in [0.2, 0.25) is 0 Å². The Balaban J connectivity index is 2.17. The first-order chi connectivity index (χ1) is 8.65. The summed E-state index contributed by atoms with van der Waals surface area (Å²) < 4.78 is 0. The van der Waals surface area contributed by atoms with Gasteiger partial charge in [0.15, 0.2) is 0 Å². The number of anilines is 2. The molecule has 3 N–H and O–H groups in total. The molecule has 0 aliphatic heterocycles. The van der Waals surface area contributed by atoms with Crippen LogP contribution in [-0.4, -0.2) is 10.9 Å². The van der Waals surface area contributed by atoms with Gasteiger partial charge >= 0.3 is 0 Å². The Hall–Kier alpha value is -2.01. The second-order valence-corrected chi connectivity index (χ2v) is 4.84. The molecule has 1 heterocycles. The van der Waals surface area contributed by atoms with E-state index in [9.17, 15) is 4.79 Å². The summed E-state index contributed by atoms with van der Waals surface area (Å²) in [5.41, 5.74) is 7.29. The van der Waals surface area contributed by atoms with E-state index in [1.165, 1.54) is 6.92 Å².